The molecule has 0 radical (unpaired) electrons. The Bertz CT molecular complexity index is 1840. The van der Waals surface area contributed by atoms with Crippen molar-refractivity contribution in [2.24, 2.45) is 7.05 Å². The van der Waals surface area contributed by atoms with Crippen LogP contribution in [0.25, 0.3) is 22.2 Å². The van der Waals surface area contributed by atoms with Gasteiger partial charge in [-0.3, -0.25) is 4.79 Å². The van der Waals surface area contributed by atoms with Gasteiger partial charge in [-0.05, 0) is 54.1 Å². The van der Waals surface area contributed by atoms with E-state index in [1.807, 2.05) is 103 Å². The average molecular weight is 586 g/mol. The van der Waals surface area contributed by atoms with Crippen molar-refractivity contribution in [3.63, 3.8) is 0 Å². The van der Waals surface area contributed by atoms with Crippen molar-refractivity contribution >= 4 is 29.6 Å². The van der Waals surface area contributed by atoms with Crippen molar-refractivity contribution in [2.75, 3.05) is 0 Å². The Morgan fingerprint density at radius 3 is 1.95 bits per heavy atom. The second kappa shape index (κ2) is 14.2. The number of aryl methyl sites for hydroxylation is 2. The van der Waals surface area contributed by atoms with Crippen molar-refractivity contribution in [1.82, 2.24) is 9.55 Å². The van der Waals surface area contributed by atoms with Crippen molar-refractivity contribution in [3.8, 4) is 34.1 Å². The van der Waals surface area contributed by atoms with E-state index in [9.17, 15) is 4.79 Å². The molecule has 0 atom stereocenters. The molecule has 8 nitrogen and oxygen atoms in total. The van der Waals surface area contributed by atoms with Gasteiger partial charge in [0.05, 0.1) is 17.5 Å². The number of aliphatic carboxylic acids is 1. The van der Waals surface area contributed by atoms with Gasteiger partial charge in [-0.2, -0.15) is 0 Å². The molecular formula is C35H31BN2O6. The lowest BCUT2D eigenvalue weighted by Gasteiger charge is -2.11. The van der Waals surface area contributed by atoms with Gasteiger partial charge in [0, 0.05) is 24.5 Å². The van der Waals surface area contributed by atoms with Gasteiger partial charge in [0.2, 0.25) is 0 Å². The molecule has 0 unspecified atom stereocenters. The maximum absolute atomic E-state index is 10.9. The highest BCUT2D eigenvalue weighted by Crippen LogP contribution is 2.34. The van der Waals surface area contributed by atoms with Gasteiger partial charge in [-0.15, -0.1) is 0 Å². The second-order valence-electron chi connectivity index (χ2n) is 9.92. The van der Waals surface area contributed by atoms with Crippen LogP contribution in [0.3, 0.4) is 0 Å². The molecule has 0 saturated carbocycles. The Labute approximate surface area is 255 Å². The first kappa shape index (κ1) is 30.1. The van der Waals surface area contributed by atoms with Gasteiger partial charge >= 0.3 is 13.1 Å². The molecule has 0 spiro atoms. The van der Waals surface area contributed by atoms with E-state index >= 15 is 0 Å². The van der Waals surface area contributed by atoms with Gasteiger partial charge in [-0.25, -0.2) is 4.98 Å². The SMILES string of the molecule is Cn1c(CCC(=O)O)nc2cc(-c3ccccc3Oc3ccccc3)ccc21.OB(O)c1ccccc1Oc1ccccc1. The van der Waals surface area contributed by atoms with Gasteiger partial charge in [-0.1, -0.05) is 78.9 Å². The normalized spacial score (nSPS) is 10.5. The number of carbonyl (C=O) groups is 1. The summed E-state index contributed by atoms with van der Waals surface area (Å²) in [4.78, 5) is 15.5. The molecule has 0 fully saturated rings. The molecule has 1 heterocycles. The number of hydrogen-bond donors (Lipinski definition) is 3. The first-order valence-corrected chi connectivity index (χ1v) is 14.1. The molecule has 9 heteroatoms. The molecule has 44 heavy (non-hydrogen) atoms. The minimum atomic E-state index is -1.53. The molecule has 0 amide bonds. The number of hydrogen-bond acceptors (Lipinski definition) is 6. The molecule has 6 rings (SSSR count). The molecule has 0 aliphatic heterocycles. The van der Waals surface area contributed by atoms with E-state index in [2.05, 4.69) is 4.98 Å². The summed E-state index contributed by atoms with van der Waals surface area (Å²) in [5.41, 5.74) is 4.15. The fourth-order valence-corrected chi connectivity index (χ4v) is 4.67. The van der Waals surface area contributed by atoms with Crippen LogP contribution in [0.1, 0.15) is 12.2 Å². The topological polar surface area (TPSA) is 114 Å². The van der Waals surface area contributed by atoms with Gasteiger partial charge in [0.15, 0.2) is 0 Å². The zero-order valence-corrected chi connectivity index (χ0v) is 24.1. The number of nitrogens with zero attached hydrogens (tertiary/aromatic N) is 2. The molecule has 5 aromatic carbocycles. The van der Waals surface area contributed by atoms with Crippen LogP contribution < -0.4 is 14.9 Å². The lowest BCUT2D eigenvalue weighted by Crippen LogP contribution is -2.30. The summed E-state index contributed by atoms with van der Waals surface area (Å²) in [6.07, 6.45) is 0.474. The Kier molecular flexibility index (Phi) is 9.71. The van der Waals surface area contributed by atoms with E-state index in [-0.39, 0.29) is 6.42 Å². The number of carboxylic acid groups (broad SMARTS) is 1. The number of imidazole rings is 1. The zero-order valence-electron chi connectivity index (χ0n) is 24.1. The van der Waals surface area contributed by atoms with E-state index in [0.717, 1.165) is 39.5 Å². The molecule has 0 bridgehead atoms. The van der Waals surface area contributed by atoms with E-state index < -0.39 is 13.1 Å². The summed E-state index contributed by atoms with van der Waals surface area (Å²) in [7, 11) is 0.387. The van der Waals surface area contributed by atoms with Crippen LogP contribution in [-0.4, -0.2) is 37.8 Å². The van der Waals surface area contributed by atoms with Crippen LogP contribution in [0.15, 0.2) is 127 Å². The number of carboxylic acids is 1. The van der Waals surface area contributed by atoms with E-state index in [4.69, 9.17) is 24.6 Å². The summed E-state index contributed by atoms with van der Waals surface area (Å²) in [5, 5.41) is 27.3. The maximum atomic E-state index is 10.9. The fourth-order valence-electron chi connectivity index (χ4n) is 4.67. The van der Waals surface area contributed by atoms with Gasteiger partial charge < -0.3 is 29.2 Å². The number of ether oxygens (including phenoxy) is 2. The highest BCUT2D eigenvalue weighted by Gasteiger charge is 2.17. The lowest BCUT2D eigenvalue weighted by atomic mass is 9.79. The molecule has 0 aliphatic carbocycles. The maximum Gasteiger partial charge on any atom is 0.492 e. The molecule has 0 aliphatic rings. The summed E-state index contributed by atoms with van der Waals surface area (Å²) >= 11 is 0. The molecule has 3 N–H and O–H groups in total. The third-order valence-corrected chi connectivity index (χ3v) is 6.87. The van der Waals surface area contributed by atoms with Crippen LogP contribution in [0, 0.1) is 0 Å². The lowest BCUT2D eigenvalue weighted by molar-refractivity contribution is -0.137. The van der Waals surface area contributed by atoms with Crippen LogP contribution >= 0.6 is 0 Å². The van der Waals surface area contributed by atoms with Gasteiger partial charge in [0.25, 0.3) is 0 Å². The standard InChI is InChI=1S/C23H20N2O3.C12H11BO3/c1-25-20-12-11-16(15-19(20)24-22(25)13-14-23(26)27)18-9-5-6-10-21(18)28-17-7-3-2-4-8-17;14-13(15)11-8-4-5-9-12(11)16-10-6-2-1-3-7-10/h2-12,15H,13-14H2,1H3,(H,26,27);1-9,14-15H. The average Bonchev–Trinajstić information content (AvgIpc) is 3.36. The van der Waals surface area contributed by atoms with Crippen molar-refractivity contribution in [1.29, 1.82) is 0 Å². The van der Waals surface area contributed by atoms with Crippen LogP contribution in [0.4, 0.5) is 0 Å². The first-order valence-electron chi connectivity index (χ1n) is 14.1. The largest absolute Gasteiger partial charge is 0.492 e. The highest BCUT2D eigenvalue weighted by molar-refractivity contribution is 6.59. The smallest absolute Gasteiger partial charge is 0.481 e. The number of aromatic nitrogens is 2. The minimum absolute atomic E-state index is 0.0672. The Hall–Kier alpha value is -5.38. The van der Waals surface area contributed by atoms with E-state index in [1.165, 1.54) is 0 Å². The Balaban J connectivity index is 0.000000204. The van der Waals surface area contributed by atoms with Crippen LogP contribution in [0.2, 0.25) is 0 Å². The Morgan fingerprint density at radius 1 is 0.750 bits per heavy atom. The monoisotopic (exact) mass is 586 g/mol. The summed E-state index contributed by atoms with van der Waals surface area (Å²) in [5.74, 6) is 2.61. The number of rotatable bonds is 9. The van der Waals surface area contributed by atoms with Crippen molar-refractivity contribution < 1.29 is 29.4 Å². The van der Waals surface area contributed by atoms with E-state index in [1.54, 1.807) is 36.4 Å². The molecule has 0 saturated heterocycles. The fraction of sp³-hybridized carbons (Fsp3) is 0.0857. The molecule has 220 valence electrons. The third kappa shape index (κ3) is 7.52. The van der Waals surface area contributed by atoms with E-state index in [0.29, 0.717) is 23.4 Å². The van der Waals surface area contributed by atoms with Crippen LogP contribution in [-0.2, 0) is 18.3 Å². The number of benzene rings is 5. The third-order valence-electron chi connectivity index (χ3n) is 6.87. The number of fused-ring (bicyclic) bond motifs is 1. The second-order valence-corrected chi connectivity index (χ2v) is 9.92. The predicted molar refractivity (Wildman–Crippen MR) is 171 cm³/mol. The van der Waals surface area contributed by atoms with Crippen LogP contribution in [0.5, 0.6) is 23.0 Å². The summed E-state index contributed by atoms with van der Waals surface area (Å²) < 4.78 is 13.6. The van der Waals surface area contributed by atoms with Crippen molar-refractivity contribution in [3.05, 3.63) is 133 Å². The highest BCUT2D eigenvalue weighted by atomic mass is 16.5. The Morgan fingerprint density at radius 2 is 1.32 bits per heavy atom. The summed E-state index contributed by atoms with van der Waals surface area (Å²) in [6.45, 7) is 0. The first-order chi connectivity index (χ1) is 21.4. The minimum Gasteiger partial charge on any atom is -0.481 e. The molecule has 6 aromatic rings. The molecular weight excluding hydrogens is 555 g/mol. The van der Waals surface area contributed by atoms with Crippen molar-refractivity contribution in [2.45, 2.75) is 12.8 Å². The quantitative estimate of drug-likeness (QED) is 0.173. The number of para-hydroxylation sites is 4. The summed E-state index contributed by atoms with van der Waals surface area (Å²) in [6, 6.07) is 39.7. The zero-order chi connectivity index (χ0) is 30.9. The predicted octanol–water partition coefficient (Wildman–Crippen LogP) is 6.21. The van der Waals surface area contributed by atoms with Gasteiger partial charge in [0.1, 0.15) is 28.8 Å². The molecule has 1 aromatic heterocycles.